The lowest BCUT2D eigenvalue weighted by molar-refractivity contribution is 0.185. The lowest BCUT2D eigenvalue weighted by atomic mass is 10.1. The molecule has 0 aliphatic heterocycles. The molecular formula is C10H9N3O. The highest BCUT2D eigenvalue weighted by atomic mass is 16.3. The number of rotatable bonds is 2. The van der Waals surface area contributed by atoms with Crippen molar-refractivity contribution in [3.05, 3.63) is 36.2 Å². The smallest absolute Gasteiger partial charge is 0.0956 e. The second kappa shape index (κ2) is 3.48. The SMILES string of the molecule is N#CCC(O)c1cnn2ccccc12. The molecule has 2 heterocycles. The number of aliphatic hydroxyl groups excluding tert-OH is 1. The van der Waals surface area contributed by atoms with E-state index < -0.39 is 6.10 Å². The summed E-state index contributed by atoms with van der Waals surface area (Å²) < 4.78 is 1.68. The Bertz CT molecular complexity index is 483. The van der Waals surface area contributed by atoms with Crippen LogP contribution in [0.1, 0.15) is 18.1 Å². The van der Waals surface area contributed by atoms with Crippen molar-refractivity contribution < 1.29 is 5.11 Å². The topological polar surface area (TPSA) is 61.3 Å². The van der Waals surface area contributed by atoms with Gasteiger partial charge >= 0.3 is 0 Å². The van der Waals surface area contributed by atoms with Crippen molar-refractivity contribution in [1.29, 1.82) is 5.26 Å². The number of nitrogens with zero attached hydrogens (tertiary/aromatic N) is 3. The second-order valence-corrected chi connectivity index (χ2v) is 3.01. The number of aromatic nitrogens is 2. The van der Waals surface area contributed by atoms with Crippen LogP contribution in [0.5, 0.6) is 0 Å². The van der Waals surface area contributed by atoms with Gasteiger partial charge in [-0.15, -0.1) is 0 Å². The second-order valence-electron chi connectivity index (χ2n) is 3.01. The van der Waals surface area contributed by atoms with Gasteiger partial charge in [0.15, 0.2) is 0 Å². The standard InChI is InChI=1S/C10H9N3O/c11-5-4-10(14)8-7-12-13-6-2-1-3-9(8)13/h1-3,6-7,10,14H,4H2. The summed E-state index contributed by atoms with van der Waals surface area (Å²) in [5.41, 5.74) is 1.54. The fourth-order valence-electron chi connectivity index (χ4n) is 1.41. The van der Waals surface area contributed by atoms with Crippen LogP contribution in [0.4, 0.5) is 0 Å². The molecule has 14 heavy (non-hydrogen) atoms. The van der Waals surface area contributed by atoms with Crippen molar-refractivity contribution >= 4 is 5.52 Å². The minimum Gasteiger partial charge on any atom is -0.387 e. The molecule has 2 aromatic rings. The number of pyridine rings is 1. The molecule has 2 aromatic heterocycles. The fraction of sp³-hybridized carbons (Fsp3) is 0.200. The van der Waals surface area contributed by atoms with Crippen LogP contribution in [0.25, 0.3) is 5.52 Å². The molecule has 0 saturated heterocycles. The van der Waals surface area contributed by atoms with Gasteiger partial charge in [-0.05, 0) is 12.1 Å². The molecule has 1 atom stereocenters. The molecule has 4 nitrogen and oxygen atoms in total. The Morgan fingerprint density at radius 1 is 1.57 bits per heavy atom. The third-order valence-electron chi connectivity index (χ3n) is 2.10. The summed E-state index contributed by atoms with van der Waals surface area (Å²) in [6.07, 6.45) is 2.74. The molecule has 0 aliphatic rings. The van der Waals surface area contributed by atoms with Gasteiger partial charge in [-0.2, -0.15) is 10.4 Å². The molecule has 2 rings (SSSR count). The Kier molecular flexibility index (Phi) is 2.17. The van der Waals surface area contributed by atoms with Gasteiger partial charge in [-0.3, -0.25) is 0 Å². The van der Waals surface area contributed by atoms with Crippen molar-refractivity contribution in [2.75, 3.05) is 0 Å². The minimum absolute atomic E-state index is 0.0935. The molecule has 0 fully saturated rings. The zero-order valence-electron chi connectivity index (χ0n) is 7.46. The highest BCUT2D eigenvalue weighted by Gasteiger charge is 2.12. The summed E-state index contributed by atoms with van der Waals surface area (Å²) in [6.45, 7) is 0. The van der Waals surface area contributed by atoms with Crippen molar-refractivity contribution in [3.63, 3.8) is 0 Å². The van der Waals surface area contributed by atoms with Crippen molar-refractivity contribution in [1.82, 2.24) is 9.61 Å². The van der Waals surface area contributed by atoms with E-state index in [0.29, 0.717) is 5.56 Å². The normalized spacial score (nSPS) is 12.6. The molecule has 0 saturated carbocycles. The first-order valence-electron chi connectivity index (χ1n) is 4.30. The first kappa shape index (κ1) is 8.73. The largest absolute Gasteiger partial charge is 0.387 e. The van der Waals surface area contributed by atoms with E-state index in [0.717, 1.165) is 5.52 Å². The van der Waals surface area contributed by atoms with Gasteiger partial charge in [-0.1, -0.05) is 6.07 Å². The first-order valence-corrected chi connectivity index (χ1v) is 4.30. The average molecular weight is 187 g/mol. The monoisotopic (exact) mass is 187 g/mol. The predicted molar refractivity (Wildman–Crippen MR) is 50.4 cm³/mol. The van der Waals surface area contributed by atoms with Crippen LogP contribution in [0.15, 0.2) is 30.6 Å². The summed E-state index contributed by atoms with van der Waals surface area (Å²) in [4.78, 5) is 0. The first-order chi connectivity index (χ1) is 6.83. The third-order valence-corrected chi connectivity index (χ3v) is 2.10. The van der Waals surface area contributed by atoms with E-state index in [1.807, 2.05) is 24.3 Å². The van der Waals surface area contributed by atoms with Gasteiger partial charge in [0.2, 0.25) is 0 Å². The predicted octanol–water partition coefficient (Wildman–Crippen LogP) is 1.28. The maximum absolute atomic E-state index is 9.63. The van der Waals surface area contributed by atoms with Gasteiger partial charge in [0.25, 0.3) is 0 Å². The highest BCUT2D eigenvalue weighted by molar-refractivity contribution is 5.54. The van der Waals surface area contributed by atoms with Gasteiger partial charge < -0.3 is 5.11 Å². The Morgan fingerprint density at radius 2 is 2.43 bits per heavy atom. The molecule has 0 spiro atoms. The van der Waals surface area contributed by atoms with Gasteiger partial charge in [0.05, 0.1) is 30.3 Å². The van der Waals surface area contributed by atoms with E-state index in [1.54, 1.807) is 16.9 Å². The summed E-state index contributed by atoms with van der Waals surface area (Å²) in [5, 5.41) is 22.2. The van der Waals surface area contributed by atoms with Crippen LogP contribution in [0, 0.1) is 11.3 Å². The van der Waals surface area contributed by atoms with Crippen molar-refractivity contribution in [3.8, 4) is 6.07 Å². The van der Waals surface area contributed by atoms with Crippen molar-refractivity contribution in [2.45, 2.75) is 12.5 Å². The summed E-state index contributed by atoms with van der Waals surface area (Å²) in [5.74, 6) is 0. The number of fused-ring (bicyclic) bond motifs is 1. The molecule has 4 heteroatoms. The van der Waals surface area contributed by atoms with E-state index >= 15 is 0 Å². The van der Waals surface area contributed by atoms with E-state index in [1.165, 1.54) is 0 Å². The molecular weight excluding hydrogens is 178 g/mol. The average Bonchev–Trinajstić information content (AvgIpc) is 2.61. The molecule has 0 aliphatic carbocycles. The van der Waals surface area contributed by atoms with E-state index in [2.05, 4.69) is 5.10 Å². The van der Waals surface area contributed by atoms with Crippen LogP contribution in [0.2, 0.25) is 0 Å². The number of hydrogen-bond donors (Lipinski definition) is 1. The Morgan fingerprint density at radius 3 is 3.21 bits per heavy atom. The number of nitriles is 1. The van der Waals surface area contributed by atoms with Crippen LogP contribution in [-0.4, -0.2) is 14.7 Å². The molecule has 1 unspecified atom stereocenters. The number of hydrogen-bond acceptors (Lipinski definition) is 3. The Hall–Kier alpha value is -1.86. The highest BCUT2D eigenvalue weighted by Crippen LogP contribution is 2.20. The van der Waals surface area contributed by atoms with E-state index in [-0.39, 0.29) is 6.42 Å². The summed E-state index contributed by atoms with van der Waals surface area (Å²) >= 11 is 0. The molecule has 0 bridgehead atoms. The van der Waals surface area contributed by atoms with E-state index in [4.69, 9.17) is 5.26 Å². The third kappa shape index (κ3) is 1.34. The Labute approximate surface area is 81.0 Å². The van der Waals surface area contributed by atoms with Gasteiger partial charge in [0.1, 0.15) is 0 Å². The molecule has 0 aromatic carbocycles. The summed E-state index contributed by atoms with van der Waals surface area (Å²) in [6, 6.07) is 7.53. The Balaban J connectivity index is 2.48. The van der Waals surface area contributed by atoms with Crippen LogP contribution in [0.3, 0.4) is 0 Å². The minimum atomic E-state index is -0.750. The molecule has 0 radical (unpaired) electrons. The summed E-state index contributed by atoms with van der Waals surface area (Å²) in [7, 11) is 0. The molecule has 70 valence electrons. The van der Waals surface area contributed by atoms with Gasteiger partial charge in [-0.25, -0.2) is 4.52 Å². The van der Waals surface area contributed by atoms with Crippen LogP contribution >= 0.6 is 0 Å². The lowest BCUT2D eigenvalue weighted by Gasteiger charge is -2.03. The quantitative estimate of drug-likeness (QED) is 0.770. The maximum atomic E-state index is 9.63. The van der Waals surface area contributed by atoms with E-state index in [9.17, 15) is 5.11 Å². The molecule has 0 amide bonds. The maximum Gasteiger partial charge on any atom is 0.0956 e. The zero-order valence-corrected chi connectivity index (χ0v) is 7.46. The number of aliphatic hydroxyl groups is 1. The van der Waals surface area contributed by atoms with Crippen LogP contribution in [-0.2, 0) is 0 Å². The molecule has 1 N–H and O–H groups in total. The lowest BCUT2D eigenvalue weighted by Crippen LogP contribution is -1.95. The zero-order chi connectivity index (χ0) is 9.97. The van der Waals surface area contributed by atoms with Crippen LogP contribution < -0.4 is 0 Å². The van der Waals surface area contributed by atoms with Gasteiger partial charge in [0, 0.05) is 11.8 Å². The fourth-order valence-corrected chi connectivity index (χ4v) is 1.41. The van der Waals surface area contributed by atoms with Crippen molar-refractivity contribution in [2.24, 2.45) is 0 Å².